The summed E-state index contributed by atoms with van der Waals surface area (Å²) in [5, 5.41) is 0. The molecule has 0 aliphatic heterocycles. The zero-order valence-corrected chi connectivity index (χ0v) is 52.0. The predicted molar refractivity (Wildman–Crippen MR) is 348 cm³/mol. The van der Waals surface area contributed by atoms with Gasteiger partial charge in [-0.25, -0.2) is 0 Å². The van der Waals surface area contributed by atoms with Crippen LogP contribution in [0.25, 0.3) is 0 Å². The Morgan fingerprint density at radius 3 is 0.800 bits per heavy atom. The maximum atomic E-state index is 12.9. The lowest BCUT2D eigenvalue weighted by atomic mass is 10.0. The summed E-state index contributed by atoms with van der Waals surface area (Å²) in [6.07, 6.45) is 95.0. The van der Waals surface area contributed by atoms with Gasteiger partial charge in [-0.3, -0.25) is 14.4 Å². The quantitative estimate of drug-likeness (QED) is 0.0261. The summed E-state index contributed by atoms with van der Waals surface area (Å²) in [6, 6.07) is 0. The van der Waals surface area contributed by atoms with E-state index >= 15 is 0 Å². The van der Waals surface area contributed by atoms with Crippen molar-refractivity contribution in [2.75, 3.05) is 13.2 Å². The van der Waals surface area contributed by atoms with Gasteiger partial charge in [-0.1, -0.05) is 289 Å². The second-order valence-electron chi connectivity index (χ2n) is 21.6. The highest BCUT2D eigenvalue weighted by Gasteiger charge is 2.19. The van der Waals surface area contributed by atoms with Crippen molar-refractivity contribution in [2.24, 2.45) is 0 Å². The van der Waals surface area contributed by atoms with E-state index in [0.29, 0.717) is 19.3 Å². The normalized spacial score (nSPS) is 13.0. The Labute approximate surface area is 494 Å². The number of carbonyl (C=O) groups excluding carboxylic acids is 3. The van der Waals surface area contributed by atoms with E-state index in [-0.39, 0.29) is 31.1 Å². The van der Waals surface area contributed by atoms with Gasteiger partial charge >= 0.3 is 17.9 Å². The van der Waals surface area contributed by atoms with E-state index in [9.17, 15) is 14.4 Å². The fourth-order valence-electron chi connectivity index (χ4n) is 8.94. The Morgan fingerprint density at radius 1 is 0.263 bits per heavy atom. The first-order valence-electron chi connectivity index (χ1n) is 33.2. The summed E-state index contributed by atoms with van der Waals surface area (Å²) in [5.41, 5.74) is 0. The van der Waals surface area contributed by atoms with Gasteiger partial charge in [-0.2, -0.15) is 0 Å². The van der Waals surface area contributed by atoms with Gasteiger partial charge in [-0.15, -0.1) is 0 Å². The van der Waals surface area contributed by atoms with Gasteiger partial charge in [-0.05, 0) is 122 Å². The van der Waals surface area contributed by atoms with Crippen molar-refractivity contribution in [2.45, 2.75) is 303 Å². The summed E-state index contributed by atoms with van der Waals surface area (Å²) in [7, 11) is 0. The van der Waals surface area contributed by atoms with Crippen LogP contribution in [0.2, 0.25) is 0 Å². The molecule has 0 saturated carbocycles. The van der Waals surface area contributed by atoms with Gasteiger partial charge in [0.25, 0.3) is 0 Å². The summed E-state index contributed by atoms with van der Waals surface area (Å²) < 4.78 is 16.8. The molecule has 6 heteroatoms. The molecular formula is C74H122O6. The number of unbranched alkanes of at least 4 members (excludes halogenated alkanes) is 26. The Hall–Kier alpha value is -4.45. The van der Waals surface area contributed by atoms with Crippen LogP contribution in [-0.4, -0.2) is 37.2 Å². The zero-order valence-electron chi connectivity index (χ0n) is 52.0. The number of ether oxygens (including phenoxy) is 3. The molecule has 0 aromatic carbocycles. The average Bonchev–Trinajstić information content (AvgIpc) is 3.46. The van der Waals surface area contributed by atoms with Crippen LogP contribution in [0.5, 0.6) is 0 Å². The lowest BCUT2D eigenvalue weighted by Gasteiger charge is -2.18. The molecule has 1 unspecified atom stereocenters. The summed E-state index contributed by atoms with van der Waals surface area (Å²) in [5.74, 6) is -0.948. The van der Waals surface area contributed by atoms with Gasteiger partial charge in [0, 0.05) is 19.3 Å². The molecule has 80 heavy (non-hydrogen) atoms. The third-order valence-corrected chi connectivity index (χ3v) is 13.9. The number of allylic oxidation sites excluding steroid dienone is 22. The molecule has 6 nitrogen and oxygen atoms in total. The highest BCUT2D eigenvalue weighted by molar-refractivity contribution is 5.71. The van der Waals surface area contributed by atoms with Gasteiger partial charge in [0.2, 0.25) is 0 Å². The highest BCUT2D eigenvalue weighted by atomic mass is 16.6. The fourth-order valence-corrected chi connectivity index (χ4v) is 8.94. The second kappa shape index (κ2) is 67.1. The van der Waals surface area contributed by atoms with Gasteiger partial charge < -0.3 is 14.2 Å². The van der Waals surface area contributed by atoms with Crippen molar-refractivity contribution in [3.05, 3.63) is 134 Å². The first-order valence-corrected chi connectivity index (χ1v) is 33.2. The van der Waals surface area contributed by atoms with Crippen LogP contribution in [0.3, 0.4) is 0 Å². The fraction of sp³-hybridized carbons (Fsp3) is 0.662. The number of esters is 3. The molecule has 0 rings (SSSR count). The molecule has 0 fully saturated rings. The third-order valence-electron chi connectivity index (χ3n) is 13.9. The minimum absolute atomic E-state index is 0.0939. The molecule has 1 atom stereocenters. The second-order valence-corrected chi connectivity index (χ2v) is 21.6. The van der Waals surface area contributed by atoms with Crippen molar-refractivity contribution in [3.8, 4) is 0 Å². The van der Waals surface area contributed by atoms with Crippen LogP contribution in [-0.2, 0) is 28.6 Å². The largest absolute Gasteiger partial charge is 0.462 e. The van der Waals surface area contributed by atoms with Crippen molar-refractivity contribution in [3.63, 3.8) is 0 Å². The van der Waals surface area contributed by atoms with E-state index in [1.807, 2.05) is 0 Å². The Bertz CT molecular complexity index is 1700. The first kappa shape index (κ1) is 75.5. The van der Waals surface area contributed by atoms with Crippen LogP contribution < -0.4 is 0 Å². The summed E-state index contributed by atoms with van der Waals surface area (Å²) >= 11 is 0. The molecule has 0 amide bonds. The summed E-state index contributed by atoms with van der Waals surface area (Å²) in [6.45, 7) is 6.44. The lowest BCUT2D eigenvalue weighted by molar-refractivity contribution is -0.167. The standard InChI is InChI=1S/C74H122O6/c1-4-7-10-13-16-18-20-22-24-26-28-30-32-33-34-35-36-37-38-39-40-41-43-44-46-48-50-52-54-56-58-61-64-67-73(76)79-70-71(69-78-72(75)66-63-60-15-12-9-6-3)80-74(77)68-65-62-59-57-55-53-51-49-47-45-42-31-29-27-25-23-21-19-17-14-11-8-5-2/h7,10,16,18,22,24,27-30,33-34,36-37,39-40,43-44,48,50,54,56,71H,4-6,8-9,11-15,17,19-21,23,25-26,31-32,35,38,41-42,45-47,49,51-53,55,57-70H2,1-3H3/b10-7-,18-16-,24-22-,29-27-,30-28-,34-33-,37-36-,40-39-,44-43-,50-48-,56-54-. The first-order chi connectivity index (χ1) is 39.5. The lowest BCUT2D eigenvalue weighted by Crippen LogP contribution is -2.30. The van der Waals surface area contributed by atoms with Crippen LogP contribution >= 0.6 is 0 Å². The van der Waals surface area contributed by atoms with Crippen molar-refractivity contribution in [1.82, 2.24) is 0 Å². The maximum Gasteiger partial charge on any atom is 0.306 e. The number of hydrogen-bond acceptors (Lipinski definition) is 6. The minimum Gasteiger partial charge on any atom is -0.462 e. The van der Waals surface area contributed by atoms with E-state index in [4.69, 9.17) is 14.2 Å². The van der Waals surface area contributed by atoms with Crippen molar-refractivity contribution < 1.29 is 28.6 Å². The van der Waals surface area contributed by atoms with Crippen LogP contribution in [0.1, 0.15) is 297 Å². The number of hydrogen-bond donors (Lipinski definition) is 0. The van der Waals surface area contributed by atoms with E-state index in [0.717, 1.165) is 122 Å². The third kappa shape index (κ3) is 64.4. The summed E-state index contributed by atoms with van der Waals surface area (Å²) in [4.78, 5) is 38.0. The van der Waals surface area contributed by atoms with E-state index in [2.05, 4.69) is 154 Å². The monoisotopic (exact) mass is 1110 g/mol. The Balaban J connectivity index is 4.19. The smallest absolute Gasteiger partial charge is 0.306 e. The van der Waals surface area contributed by atoms with Gasteiger partial charge in [0.15, 0.2) is 6.10 Å². The molecule has 0 aliphatic carbocycles. The molecule has 0 heterocycles. The molecule has 0 aliphatic rings. The van der Waals surface area contributed by atoms with E-state index < -0.39 is 6.10 Å². The average molecular weight is 1110 g/mol. The minimum atomic E-state index is -0.797. The molecule has 0 aromatic rings. The topological polar surface area (TPSA) is 78.9 Å². The Morgan fingerprint density at radius 2 is 0.487 bits per heavy atom. The van der Waals surface area contributed by atoms with Gasteiger partial charge in [0.05, 0.1) is 0 Å². The van der Waals surface area contributed by atoms with E-state index in [1.54, 1.807) is 0 Å². The Kier molecular flexibility index (Phi) is 63.3. The van der Waals surface area contributed by atoms with E-state index in [1.165, 1.54) is 135 Å². The van der Waals surface area contributed by atoms with Crippen LogP contribution in [0.15, 0.2) is 134 Å². The molecular weight excluding hydrogens is 985 g/mol. The zero-order chi connectivity index (χ0) is 57.8. The van der Waals surface area contributed by atoms with Crippen LogP contribution in [0, 0.1) is 0 Å². The molecule has 0 radical (unpaired) electrons. The molecule has 0 aromatic heterocycles. The SMILES string of the molecule is CC/C=C\C/C=C\C/C=C\C/C=C\C/C=C\C/C=C\C/C=C\C/C=C\C/C=C\C/C=C\CCCCC(=O)OCC(COC(=O)CCCCCCCC)OC(=O)CCCCCCCCCCCCC/C=C\CCCCCCCCCC. The highest BCUT2D eigenvalue weighted by Crippen LogP contribution is 2.15. The van der Waals surface area contributed by atoms with Crippen molar-refractivity contribution in [1.29, 1.82) is 0 Å². The molecule has 0 saturated heterocycles. The van der Waals surface area contributed by atoms with Crippen molar-refractivity contribution >= 4 is 17.9 Å². The van der Waals surface area contributed by atoms with Crippen LogP contribution in [0.4, 0.5) is 0 Å². The maximum absolute atomic E-state index is 12.9. The molecule has 454 valence electrons. The number of carbonyl (C=O) groups is 3. The molecule has 0 spiro atoms. The van der Waals surface area contributed by atoms with Gasteiger partial charge in [0.1, 0.15) is 13.2 Å². The predicted octanol–water partition coefficient (Wildman–Crippen LogP) is 22.9. The number of rotatable bonds is 59. The molecule has 0 N–H and O–H groups in total. The molecule has 0 bridgehead atoms.